The van der Waals surface area contributed by atoms with Crippen LogP contribution in [-0.4, -0.2) is 51.1 Å². The average molecular weight is 339 g/mol. The maximum absolute atomic E-state index is 12.8. The third-order valence-corrected chi connectivity index (χ3v) is 4.06. The molecule has 0 aromatic carbocycles. The molecule has 9 nitrogen and oxygen atoms in total. The van der Waals surface area contributed by atoms with Crippen molar-refractivity contribution >= 4 is 22.8 Å². The van der Waals surface area contributed by atoms with Crippen molar-refractivity contribution in [3.63, 3.8) is 0 Å². The molecule has 3 aromatic rings. The Hall–Kier alpha value is -3.49. The summed E-state index contributed by atoms with van der Waals surface area (Å²) in [5.74, 6) is -0.130. The molecule has 25 heavy (non-hydrogen) atoms. The Morgan fingerprint density at radius 2 is 1.96 bits per heavy atom. The van der Waals surface area contributed by atoms with Crippen LogP contribution in [-0.2, 0) is 6.54 Å². The summed E-state index contributed by atoms with van der Waals surface area (Å²) >= 11 is 0. The van der Waals surface area contributed by atoms with Gasteiger partial charge in [-0.2, -0.15) is 10.1 Å². The van der Waals surface area contributed by atoms with Crippen LogP contribution in [0, 0.1) is 0 Å². The Bertz CT molecular complexity index is 1010. The lowest BCUT2D eigenvalue weighted by molar-refractivity contribution is 0.0641. The molecular formula is C16H13N5O4. The summed E-state index contributed by atoms with van der Waals surface area (Å²) in [6.07, 6.45) is 2.88. The minimum Gasteiger partial charge on any atom is -0.481 e. The number of aromatic amines is 1. The van der Waals surface area contributed by atoms with Gasteiger partial charge in [-0.05, 0) is 6.07 Å². The number of rotatable bonds is 4. The highest BCUT2D eigenvalue weighted by atomic mass is 16.5. The SMILES string of the molecule is COc1ccc(CN2C(=O)c3cnc4[nH]ncc4c3C2=O)c(OC)n1. The number of fused-ring (bicyclic) bond motifs is 3. The summed E-state index contributed by atoms with van der Waals surface area (Å²) < 4.78 is 10.3. The molecule has 0 spiro atoms. The number of imide groups is 1. The summed E-state index contributed by atoms with van der Waals surface area (Å²) in [4.78, 5) is 34.9. The van der Waals surface area contributed by atoms with Gasteiger partial charge in [-0.15, -0.1) is 0 Å². The van der Waals surface area contributed by atoms with Crippen molar-refractivity contribution in [1.82, 2.24) is 25.1 Å². The normalized spacial score (nSPS) is 13.4. The van der Waals surface area contributed by atoms with E-state index in [9.17, 15) is 9.59 Å². The van der Waals surface area contributed by atoms with E-state index in [1.165, 1.54) is 26.6 Å². The van der Waals surface area contributed by atoms with Crippen molar-refractivity contribution in [2.45, 2.75) is 6.54 Å². The van der Waals surface area contributed by atoms with E-state index < -0.39 is 11.8 Å². The molecule has 0 radical (unpaired) electrons. The molecule has 0 bridgehead atoms. The molecule has 4 rings (SSSR count). The number of nitrogens with one attached hydrogen (secondary N) is 1. The standard InChI is InChI=1S/C16H13N5O4/c1-24-11-4-3-8(14(19-11)25-2)7-21-15(22)10-5-17-13-9(6-18-20-13)12(10)16(21)23/h3-6H,7H2,1-2H3,(H,17,18,20). The number of nitrogens with zero attached hydrogens (tertiary/aromatic N) is 4. The molecule has 9 heteroatoms. The van der Waals surface area contributed by atoms with Crippen LogP contribution in [0.5, 0.6) is 11.8 Å². The molecule has 4 heterocycles. The first-order chi connectivity index (χ1) is 12.1. The zero-order valence-corrected chi connectivity index (χ0v) is 13.4. The molecule has 0 unspecified atom stereocenters. The van der Waals surface area contributed by atoms with Crippen LogP contribution in [0.25, 0.3) is 11.0 Å². The van der Waals surface area contributed by atoms with Crippen molar-refractivity contribution in [3.05, 3.63) is 41.2 Å². The lowest BCUT2D eigenvalue weighted by atomic mass is 10.1. The molecule has 1 aliphatic rings. The molecule has 0 saturated carbocycles. The maximum Gasteiger partial charge on any atom is 0.263 e. The summed E-state index contributed by atoms with van der Waals surface area (Å²) in [6, 6.07) is 3.35. The van der Waals surface area contributed by atoms with Gasteiger partial charge in [0.25, 0.3) is 11.8 Å². The third-order valence-electron chi connectivity index (χ3n) is 4.06. The van der Waals surface area contributed by atoms with Gasteiger partial charge in [0.05, 0.1) is 43.5 Å². The van der Waals surface area contributed by atoms with E-state index in [4.69, 9.17) is 9.47 Å². The second-order valence-electron chi connectivity index (χ2n) is 5.40. The van der Waals surface area contributed by atoms with E-state index in [1.807, 2.05) is 0 Å². The fraction of sp³-hybridized carbons (Fsp3) is 0.188. The number of H-pyrrole nitrogens is 1. The van der Waals surface area contributed by atoms with Crippen LogP contribution < -0.4 is 9.47 Å². The summed E-state index contributed by atoms with van der Waals surface area (Å²) in [7, 11) is 2.96. The number of carbonyl (C=O) groups excluding carboxylic acids is 2. The average Bonchev–Trinajstić information content (AvgIpc) is 3.20. The van der Waals surface area contributed by atoms with E-state index >= 15 is 0 Å². The molecule has 1 N–H and O–H groups in total. The predicted molar refractivity (Wildman–Crippen MR) is 85.4 cm³/mol. The first kappa shape index (κ1) is 15.1. The first-order valence-electron chi connectivity index (χ1n) is 7.40. The summed E-state index contributed by atoms with van der Waals surface area (Å²) in [5.41, 5.74) is 1.63. The van der Waals surface area contributed by atoms with Gasteiger partial charge in [-0.3, -0.25) is 19.6 Å². The number of ether oxygens (including phenoxy) is 2. The highest BCUT2D eigenvalue weighted by Gasteiger charge is 2.38. The molecule has 126 valence electrons. The number of hydrogen-bond acceptors (Lipinski definition) is 7. The molecule has 0 aliphatic carbocycles. The van der Waals surface area contributed by atoms with E-state index in [0.29, 0.717) is 33.9 Å². The fourth-order valence-electron chi connectivity index (χ4n) is 2.84. The van der Waals surface area contributed by atoms with Crippen LogP contribution >= 0.6 is 0 Å². The van der Waals surface area contributed by atoms with Gasteiger partial charge in [0, 0.05) is 17.8 Å². The predicted octanol–water partition coefficient (Wildman–Crippen LogP) is 1.17. The third kappa shape index (κ3) is 2.20. The largest absolute Gasteiger partial charge is 0.481 e. The zero-order chi connectivity index (χ0) is 17.6. The second-order valence-corrected chi connectivity index (χ2v) is 5.40. The number of aromatic nitrogens is 4. The lowest BCUT2D eigenvalue weighted by Gasteiger charge is -2.16. The van der Waals surface area contributed by atoms with Crippen LogP contribution in [0.1, 0.15) is 26.3 Å². The Labute approximate surface area is 141 Å². The topological polar surface area (TPSA) is 110 Å². The Morgan fingerprint density at radius 3 is 2.72 bits per heavy atom. The van der Waals surface area contributed by atoms with Gasteiger partial charge in [0.15, 0.2) is 5.65 Å². The smallest absolute Gasteiger partial charge is 0.263 e. The highest BCUT2D eigenvalue weighted by Crippen LogP contribution is 2.30. The monoisotopic (exact) mass is 339 g/mol. The second kappa shape index (κ2) is 5.55. The zero-order valence-electron chi connectivity index (χ0n) is 13.4. The van der Waals surface area contributed by atoms with Crippen molar-refractivity contribution in [1.29, 1.82) is 0 Å². The van der Waals surface area contributed by atoms with Gasteiger partial charge in [-0.1, -0.05) is 0 Å². The van der Waals surface area contributed by atoms with Crippen LogP contribution in [0.4, 0.5) is 0 Å². The molecule has 0 atom stereocenters. The van der Waals surface area contributed by atoms with Crippen molar-refractivity contribution in [2.75, 3.05) is 14.2 Å². The van der Waals surface area contributed by atoms with Crippen LogP contribution in [0.3, 0.4) is 0 Å². The Morgan fingerprint density at radius 1 is 1.12 bits per heavy atom. The Balaban J connectivity index is 1.73. The number of carbonyl (C=O) groups is 2. The van der Waals surface area contributed by atoms with Crippen molar-refractivity contribution in [2.24, 2.45) is 0 Å². The van der Waals surface area contributed by atoms with E-state index in [1.54, 1.807) is 12.1 Å². The van der Waals surface area contributed by atoms with E-state index in [-0.39, 0.29) is 12.1 Å². The van der Waals surface area contributed by atoms with E-state index in [0.717, 1.165) is 4.90 Å². The van der Waals surface area contributed by atoms with Gasteiger partial charge >= 0.3 is 0 Å². The first-order valence-corrected chi connectivity index (χ1v) is 7.40. The van der Waals surface area contributed by atoms with Gasteiger partial charge in [0.1, 0.15) is 0 Å². The molecular weight excluding hydrogens is 326 g/mol. The van der Waals surface area contributed by atoms with E-state index in [2.05, 4.69) is 20.2 Å². The van der Waals surface area contributed by atoms with Crippen LogP contribution in [0.15, 0.2) is 24.5 Å². The van der Waals surface area contributed by atoms with Crippen molar-refractivity contribution in [3.8, 4) is 11.8 Å². The summed E-state index contributed by atoms with van der Waals surface area (Å²) in [5, 5.41) is 7.10. The molecule has 2 amide bonds. The summed E-state index contributed by atoms with van der Waals surface area (Å²) in [6.45, 7) is 0.0336. The van der Waals surface area contributed by atoms with Crippen LogP contribution in [0.2, 0.25) is 0 Å². The van der Waals surface area contributed by atoms with Gasteiger partial charge < -0.3 is 9.47 Å². The highest BCUT2D eigenvalue weighted by molar-refractivity contribution is 6.25. The molecule has 1 aliphatic heterocycles. The number of pyridine rings is 2. The van der Waals surface area contributed by atoms with Gasteiger partial charge in [0.2, 0.25) is 11.8 Å². The Kier molecular flexibility index (Phi) is 3.34. The fourth-order valence-corrected chi connectivity index (χ4v) is 2.84. The number of hydrogen-bond donors (Lipinski definition) is 1. The van der Waals surface area contributed by atoms with Crippen molar-refractivity contribution < 1.29 is 19.1 Å². The molecule has 0 fully saturated rings. The molecule has 0 saturated heterocycles. The minimum absolute atomic E-state index is 0.0336. The number of methoxy groups -OCH3 is 2. The number of amides is 2. The lowest BCUT2D eigenvalue weighted by Crippen LogP contribution is -2.29. The molecule has 3 aromatic heterocycles. The minimum atomic E-state index is -0.409. The van der Waals surface area contributed by atoms with Gasteiger partial charge in [-0.25, -0.2) is 4.98 Å². The quantitative estimate of drug-likeness (QED) is 0.710. The maximum atomic E-state index is 12.8.